The Hall–Kier alpha value is -0.970. The molecule has 0 aromatic carbocycles. The van der Waals surface area contributed by atoms with Gasteiger partial charge in [0, 0.05) is 13.2 Å². The van der Waals surface area contributed by atoms with E-state index in [0.717, 1.165) is 0 Å². The lowest BCUT2D eigenvalue weighted by Gasteiger charge is -2.10. The molecule has 0 saturated carbocycles. The molecule has 1 N–H and O–H groups in total. The third kappa shape index (κ3) is 1.45. The first-order valence-corrected chi connectivity index (χ1v) is 3.47. The second kappa shape index (κ2) is 2.82. The molecule has 0 saturated heterocycles. The smallest absolute Gasteiger partial charge is 0.314 e. The SMILES string of the molecule is Cc1cn(C)nc1C(F)(F)CO. The Labute approximate surface area is 68.6 Å². The van der Waals surface area contributed by atoms with E-state index >= 15 is 0 Å². The van der Waals surface area contributed by atoms with E-state index in [2.05, 4.69) is 5.10 Å². The van der Waals surface area contributed by atoms with E-state index in [1.165, 1.54) is 17.8 Å². The Kier molecular flexibility index (Phi) is 2.14. The van der Waals surface area contributed by atoms with Gasteiger partial charge in [-0.25, -0.2) is 0 Å². The van der Waals surface area contributed by atoms with Crippen molar-refractivity contribution in [3.8, 4) is 0 Å². The van der Waals surface area contributed by atoms with Gasteiger partial charge in [0.05, 0.1) is 0 Å². The summed E-state index contributed by atoms with van der Waals surface area (Å²) >= 11 is 0. The van der Waals surface area contributed by atoms with Gasteiger partial charge in [0.15, 0.2) is 0 Å². The quantitative estimate of drug-likeness (QED) is 0.724. The van der Waals surface area contributed by atoms with Gasteiger partial charge in [-0.3, -0.25) is 4.68 Å². The number of aryl methyl sites for hydroxylation is 2. The second-order valence-corrected chi connectivity index (χ2v) is 2.70. The molecule has 0 radical (unpaired) electrons. The third-order valence-corrected chi connectivity index (χ3v) is 1.56. The number of nitrogens with zero attached hydrogens (tertiary/aromatic N) is 2. The van der Waals surface area contributed by atoms with Gasteiger partial charge < -0.3 is 5.11 Å². The van der Waals surface area contributed by atoms with E-state index in [1.807, 2.05) is 0 Å². The number of hydrogen-bond donors (Lipinski definition) is 1. The third-order valence-electron chi connectivity index (χ3n) is 1.56. The minimum absolute atomic E-state index is 0.354. The number of alkyl halides is 2. The molecule has 1 rings (SSSR count). The standard InChI is InChI=1S/C7H10F2N2O/c1-5-3-11(2)10-6(5)7(8,9)4-12/h3,12H,4H2,1-2H3. The van der Waals surface area contributed by atoms with Crippen LogP contribution in [0.5, 0.6) is 0 Å². The molecule has 0 aliphatic heterocycles. The molecular weight excluding hydrogens is 166 g/mol. The summed E-state index contributed by atoms with van der Waals surface area (Å²) in [4.78, 5) is 0. The topological polar surface area (TPSA) is 38.0 Å². The highest BCUT2D eigenvalue weighted by molar-refractivity contribution is 5.19. The van der Waals surface area contributed by atoms with Gasteiger partial charge in [0.25, 0.3) is 0 Å². The summed E-state index contributed by atoms with van der Waals surface area (Å²) in [5, 5.41) is 11.9. The number of hydrogen-bond acceptors (Lipinski definition) is 2. The van der Waals surface area contributed by atoms with Gasteiger partial charge in [-0.2, -0.15) is 13.9 Å². The van der Waals surface area contributed by atoms with Crippen molar-refractivity contribution in [2.45, 2.75) is 12.8 Å². The zero-order valence-corrected chi connectivity index (χ0v) is 6.88. The first-order valence-electron chi connectivity index (χ1n) is 3.47. The summed E-state index contributed by atoms with van der Waals surface area (Å²) in [6, 6.07) is 0. The summed E-state index contributed by atoms with van der Waals surface area (Å²) in [5.41, 5.74) is 0.0315. The van der Waals surface area contributed by atoms with Crippen molar-refractivity contribution in [2.24, 2.45) is 7.05 Å². The summed E-state index contributed by atoms with van der Waals surface area (Å²) in [5.74, 6) is -3.23. The molecule has 12 heavy (non-hydrogen) atoms. The predicted molar refractivity (Wildman–Crippen MR) is 38.9 cm³/mol. The van der Waals surface area contributed by atoms with Gasteiger partial charge in [0.2, 0.25) is 0 Å². The van der Waals surface area contributed by atoms with E-state index in [4.69, 9.17) is 5.11 Å². The fourth-order valence-electron chi connectivity index (χ4n) is 1.04. The van der Waals surface area contributed by atoms with E-state index in [0.29, 0.717) is 5.56 Å². The second-order valence-electron chi connectivity index (χ2n) is 2.70. The fraction of sp³-hybridized carbons (Fsp3) is 0.571. The maximum atomic E-state index is 12.8. The molecule has 0 unspecified atom stereocenters. The molecule has 1 aromatic heterocycles. The minimum atomic E-state index is -3.23. The maximum Gasteiger partial charge on any atom is 0.314 e. The minimum Gasteiger partial charge on any atom is -0.390 e. The summed E-state index contributed by atoms with van der Waals surface area (Å²) in [7, 11) is 1.56. The van der Waals surface area contributed by atoms with Crippen LogP contribution >= 0.6 is 0 Å². The molecule has 0 aliphatic rings. The lowest BCUT2D eigenvalue weighted by atomic mass is 10.2. The number of halogens is 2. The molecule has 0 aliphatic carbocycles. The van der Waals surface area contributed by atoms with Crippen molar-refractivity contribution >= 4 is 0 Å². The zero-order chi connectivity index (χ0) is 9.35. The monoisotopic (exact) mass is 176 g/mol. The van der Waals surface area contributed by atoms with Crippen LogP contribution in [0, 0.1) is 6.92 Å². The Morgan fingerprint density at radius 2 is 2.25 bits per heavy atom. The molecule has 3 nitrogen and oxygen atoms in total. The van der Waals surface area contributed by atoms with E-state index < -0.39 is 12.5 Å². The summed E-state index contributed by atoms with van der Waals surface area (Å²) in [6.45, 7) is 0.330. The molecule has 1 heterocycles. The van der Waals surface area contributed by atoms with Crippen LogP contribution in [0.25, 0.3) is 0 Å². The molecule has 1 aromatic rings. The first kappa shape index (κ1) is 9.12. The Morgan fingerprint density at radius 3 is 2.58 bits per heavy atom. The van der Waals surface area contributed by atoms with Crippen LogP contribution in [-0.2, 0) is 13.0 Å². The maximum absolute atomic E-state index is 12.8. The van der Waals surface area contributed by atoms with E-state index in [1.54, 1.807) is 7.05 Å². The van der Waals surface area contributed by atoms with Gasteiger partial charge in [-0.15, -0.1) is 0 Å². The van der Waals surface area contributed by atoms with Gasteiger partial charge >= 0.3 is 5.92 Å². The normalized spacial score (nSPS) is 12.1. The molecule has 5 heteroatoms. The first-order chi connectivity index (χ1) is 5.47. The number of aromatic nitrogens is 2. The van der Waals surface area contributed by atoms with Crippen molar-refractivity contribution in [3.05, 3.63) is 17.5 Å². The number of aliphatic hydroxyl groups is 1. The highest BCUT2D eigenvalue weighted by Gasteiger charge is 2.35. The highest BCUT2D eigenvalue weighted by atomic mass is 19.3. The van der Waals surface area contributed by atoms with E-state index in [9.17, 15) is 8.78 Å². The molecule has 0 spiro atoms. The average molecular weight is 176 g/mol. The molecule has 68 valence electrons. The van der Waals surface area contributed by atoms with E-state index in [-0.39, 0.29) is 5.69 Å². The number of rotatable bonds is 2. The van der Waals surface area contributed by atoms with Crippen LogP contribution in [0.1, 0.15) is 11.3 Å². The van der Waals surface area contributed by atoms with Crippen molar-refractivity contribution in [1.29, 1.82) is 0 Å². The predicted octanol–water partition coefficient (Wildman–Crippen LogP) is 0.813. The van der Waals surface area contributed by atoms with Crippen LogP contribution < -0.4 is 0 Å². The number of aliphatic hydroxyl groups excluding tert-OH is 1. The van der Waals surface area contributed by atoms with Crippen molar-refractivity contribution in [1.82, 2.24) is 9.78 Å². The highest BCUT2D eigenvalue weighted by Crippen LogP contribution is 2.27. The molecule has 0 atom stereocenters. The lowest BCUT2D eigenvalue weighted by Crippen LogP contribution is -2.20. The summed E-state index contributed by atoms with van der Waals surface area (Å²) < 4.78 is 27.0. The average Bonchev–Trinajstić information content (AvgIpc) is 2.31. The molecule has 0 amide bonds. The van der Waals surface area contributed by atoms with Crippen LogP contribution in [0.15, 0.2) is 6.20 Å². The molecule has 0 fully saturated rings. The Morgan fingerprint density at radius 1 is 1.67 bits per heavy atom. The van der Waals surface area contributed by atoms with Crippen molar-refractivity contribution < 1.29 is 13.9 Å². The molecule has 0 bridgehead atoms. The van der Waals surface area contributed by atoms with Crippen LogP contribution in [-0.4, -0.2) is 21.5 Å². The van der Waals surface area contributed by atoms with Crippen molar-refractivity contribution in [3.63, 3.8) is 0 Å². The summed E-state index contributed by atoms with van der Waals surface area (Å²) in [6.07, 6.45) is 1.49. The van der Waals surface area contributed by atoms with Crippen LogP contribution in [0.4, 0.5) is 8.78 Å². The Bertz CT molecular complexity index is 283. The van der Waals surface area contributed by atoms with Gasteiger partial charge in [-0.1, -0.05) is 0 Å². The van der Waals surface area contributed by atoms with Gasteiger partial charge in [-0.05, 0) is 12.5 Å². The zero-order valence-electron chi connectivity index (χ0n) is 6.88. The van der Waals surface area contributed by atoms with Crippen LogP contribution in [0.3, 0.4) is 0 Å². The molecular formula is C7H10F2N2O. The van der Waals surface area contributed by atoms with Gasteiger partial charge in [0.1, 0.15) is 12.3 Å². The lowest BCUT2D eigenvalue weighted by molar-refractivity contribution is -0.0600. The van der Waals surface area contributed by atoms with Crippen LogP contribution in [0.2, 0.25) is 0 Å². The fourth-order valence-corrected chi connectivity index (χ4v) is 1.04. The van der Waals surface area contributed by atoms with Crippen molar-refractivity contribution in [2.75, 3.05) is 6.61 Å². The Balaban J connectivity index is 3.09. The largest absolute Gasteiger partial charge is 0.390 e.